The standard InChI is InChI=1S/C18H27N3O4S/c1-14-4-6-15(7-5-14)19-17(22)12-26(24,25)13-18(23)21(3)16-8-10-20(2)11-9-16/h4-7,16H,8-13H2,1-3H3,(H,19,22). The van der Waals surface area contributed by atoms with E-state index < -0.39 is 33.2 Å². The molecule has 0 aromatic heterocycles. The maximum absolute atomic E-state index is 12.3. The molecule has 7 nitrogen and oxygen atoms in total. The molecule has 0 aliphatic carbocycles. The molecule has 0 saturated carbocycles. The maximum Gasteiger partial charge on any atom is 0.239 e. The van der Waals surface area contributed by atoms with E-state index in [0.717, 1.165) is 31.5 Å². The number of sulfone groups is 1. The molecule has 1 N–H and O–H groups in total. The Kier molecular flexibility index (Phi) is 6.77. The molecule has 1 fully saturated rings. The van der Waals surface area contributed by atoms with Crippen LogP contribution in [0, 0.1) is 6.92 Å². The van der Waals surface area contributed by atoms with Gasteiger partial charge in [-0.25, -0.2) is 8.42 Å². The topological polar surface area (TPSA) is 86.8 Å². The third-order valence-corrected chi connectivity index (χ3v) is 6.05. The number of aryl methyl sites for hydroxylation is 1. The van der Waals surface area contributed by atoms with Crippen LogP contribution in [0.15, 0.2) is 24.3 Å². The molecular formula is C18H27N3O4S. The molecule has 26 heavy (non-hydrogen) atoms. The molecule has 1 saturated heterocycles. The second-order valence-electron chi connectivity index (χ2n) is 6.99. The lowest BCUT2D eigenvalue weighted by molar-refractivity contribution is -0.130. The van der Waals surface area contributed by atoms with E-state index in [4.69, 9.17) is 0 Å². The third-order valence-electron chi connectivity index (χ3n) is 4.66. The Labute approximate surface area is 155 Å². The molecule has 0 atom stereocenters. The van der Waals surface area contributed by atoms with Crippen LogP contribution in [0.2, 0.25) is 0 Å². The van der Waals surface area contributed by atoms with Gasteiger partial charge in [-0.15, -0.1) is 0 Å². The van der Waals surface area contributed by atoms with E-state index in [1.54, 1.807) is 19.2 Å². The van der Waals surface area contributed by atoms with Crippen molar-refractivity contribution < 1.29 is 18.0 Å². The van der Waals surface area contributed by atoms with Crippen LogP contribution in [0.5, 0.6) is 0 Å². The second kappa shape index (κ2) is 8.64. The SMILES string of the molecule is Cc1ccc(NC(=O)CS(=O)(=O)CC(=O)N(C)C2CCN(C)CC2)cc1. The summed E-state index contributed by atoms with van der Waals surface area (Å²) in [5.74, 6) is -2.43. The quantitative estimate of drug-likeness (QED) is 0.791. The van der Waals surface area contributed by atoms with Gasteiger partial charge >= 0.3 is 0 Å². The Morgan fingerprint density at radius 1 is 1.15 bits per heavy atom. The van der Waals surface area contributed by atoms with Crippen LogP contribution in [0.1, 0.15) is 18.4 Å². The van der Waals surface area contributed by atoms with Gasteiger partial charge in [0.2, 0.25) is 11.8 Å². The maximum atomic E-state index is 12.3. The summed E-state index contributed by atoms with van der Waals surface area (Å²) in [7, 11) is -0.154. The van der Waals surface area contributed by atoms with Crippen molar-refractivity contribution in [3.63, 3.8) is 0 Å². The number of benzene rings is 1. The lowest BCUT2D eigenvalue weighted by Crippen LogP contribution is -2.46. The highest BCUT2D eigenvalue weighted by Gasteiger charge is 2.28. The summed E-state index contributed by atoms with van der Waals surface area (Å²) in [6.07, 6.45) is 1.65. The predicted molar refractivity (Wildman–Crippen MR) is 102 cm³/mol. The molecule has 8 heteroatoms. The van der Waals surface area contributed by atoms with Gasteiger partial charge in [-0.05, 0) is 52.0 Å². The van der Waals surface area contributed by atoms with Crippen molar-refractivity contribution in [2.75, 3.05) is 44.0 Å². The zero-order valence-electron chi connectivity index (χ0n) is 15.6. The summed E-state index contributed by atoms with van der Waals surface area (Å²) in [5.41, 5.74) is 1.57. The number of rotatable bonds is 6. The van der Waals surface area contributed by atoms with Gasteiger partial charge < -0.3 is 15.1 Å². The second-order valence-corrected chi connectivity index (χ2v) is 9.05. The van der Waals surface area contributed by atoms with Gasteiger partial charge in [-0.1, -0.05) is 17.7 Å². The molecule has 1 aromatic carbocycles. The van der Waals surface area contributed by atoms with E-state index >= 15 is 0 Å². The Balaban J connectivity index is 1.87. The van der Waals surface area contributed by atoms with E-state index in [1.165, 1.54) is 4.90 Å². The summed E-state index contributed by atoms with van der Waals surface area (Å²) in [6, 6.07) is 7.11. The zero-order chi connectivity index (χ0) is 19.3. The number of likely N-dealkylation sites (tertiary alicyclic amines) is 1. The largest absolute Gasteiger partial charge is 0.342 e. The highest BCUT2D eigenvalue weighted by atomic mass is 32.2. The number of amides is 2. The average molecular weight is 381 g/mol. The van der Waals surface area contributed by atoms with Gasteiger partial charge in [0.1, 0.15) is 11.5 Å². The molecule has 1 aliphatic heterocycles. The lowest BCUT2D eigenvalue weighted by atomic mass is 10.0. The van der Waals surface area contributed by atoms with Crippen molar-refractivity contribution in [3.8, 4) is 0 Å². The van der Waals surface area contributed by atoms with Crippen LogP contribution in [-0.2, 0) is 19.4 Å². The van der Waals surface area contributed by atoms with Gasteiger partial charge in [0.05, 0.1) is 0 Å². The Morgan fingerprint density at radius 2 is 1.73 bits per heavy atom. The van der Waals surface area contributed by atoms with E-state index in [-0.39, 0.29) is 6.04 Å². The molecule has 0 unspecified atom stereocenters. The van der Waals surface area contributed by atoms with Gasteiger partial charge in [0, 0.05) is 18.8 Å². The molecule has 0 spiro atoms. The first-order valence-corrected chi connectivity index (χ1v) is 10.5. The predicted octanol–water partition coefficient (Wildman–Crippen LogP) is 0.901. The van der Waals surface area contributed by atoms with Crippen LogP contribution in [0.25, 0.3) is 0 Å². The summed E-state index contributed by atoms with van der Waals surface area (Å²) in [5, 5.41) is 2.55. The number of hydrogen-bond acceptors (Lipinski definition) is 5. The molecule has 0 bridgehead atoms. The normalized spacial score (nSPS) is 16.3. The number of piperidine rings is 1. The molecule has 2 amide bonds. The van der Waals surface area contributed by atoms with Crippen molar-refractivity contribution in [2.24, 2.45) is 0 Å². The van der Waals surface area contributed by atoms with Crippen LogP contribution in [-0.4, -0.2) is 74.8 Å². The Hall–Kier alpha value is -1.93. The highest BCUT2D eigenvalue weighted by Crippen LogP contribution is 2.15. The molecule has 0 radical (unpaired) electrons. The van der Waals surface area contributed by atoms with Gasteiger partial charge in [0.25, 0.3) is 0 Å². The van der Waals surface area contributed by atoms with E-state index in [0.29, 0.717) is 5.69 Å². The fraction of sp³-hybridized carbons (Fsp3) is 0.556. The van der Waals surface area contributed by atoms with Crippen molar-refractivity contribution >= 4 is 27.3 Å². The Morgan fingerprint density at radius 3 is 2.31 bits per heavy atom. The molecule has 1 heterocycles. The number of anilines is 1. The monoisotopic (exact) mass is 381 g/mol. The van der Waals surface area contributed by atoms with Crippen molar-refractivity contribution in [1.82, 2.24) is 9.80 Å². The lowest BCUT2D eigenvalue weighted by Gasteiger charge is -2.35. The number of carbonyl (C=O) groups excluding carboxylic acids is 2. The molecular weight excluding hydrogens is 354 g/mol. The smallest absolute Gasteiger partial charge is 0.239 e. The molecule has 144 valence electrons. The van der Waals surface area contributed by atoms with Crippen molar-refractivity contribution in [3.05, 3.63) is 29.8 Å². The fourth-order valence-corrected chi connectivity index (χ4v) is 4.11. The first kappa shape index (κ1) is 20.4. The van der Waals surface area contributed by atoms with E-state index in [1.807, 2.05) is 26.1 Å². The van der Waals surface area contributed by atoms with E-state index in [9.17, 15) is 18.0 Å². The van der Waals surface area contributed by atoms with Crippen LogP contribution in [0.4, 0.5) is 5.69 Å². The summed E-state index contributed by atoms with van der Waals surface area (Å²) in [6.45, 7) is 3.69. The number of hydrogen-bond donors (Lipinski definition) is 1. The molecule has 1 aliphatic rings. The van der Waals surface area contributed by atoms with Crippen molar-refractivity contribution in [1.29, 1.82) is 0 Å². The minimum atomic E-state index is -3.82. The van der Waals surface area contributed by atoms with Crippen LogP contribution >= 0.6 is 0 Å². The first-order valence-electron chi connectivity index (χ1n) is 8.67. The van der Waals surface area contributed by atoms with Crippen molar-refractivity contribution in [2.45, 2.75) is 25.8 Å². The van der Waals surface area contributed by atoms with Gasteiger partial charge in [0.15, 0.2) is 9.84 Å². The zero-order valence-corrected chi connectivity index (χ0v) is 16.4. The number of carbonyl (C=O) groups is 2. The molecule has 2 rings (SSSR count). The third kappa shape index (κ3) is 6.10. The number of nitrogens with one attached hydrogen (secondary N) is 1. The van der Waals surface area contributed by atoms with Gasteiger partial charge in [-0.3, -0.25) is 9.59 Å². The summed E-state index contributed by atoms with van der Waals surface area (Å²) >= 11 is 0. The molecule has 1 aromatic rings. The van der Waals surface area contributed by atoms with E-state index in [2.05, 4.69) is 10.2 Å². The van der Waals surface area contributed by atoms with Crippen LogP contribution < -0.4 is 5.32 Å². The average Bonchev–Trinajstić information content (AvgIpc) is 2.56. The minimum Gasteiger partial charge on any atom is -0.342 e. The summed E-state index contributed by atoms with van der Waals surface area (Å²) in [4.78, 5) is 28.0. The van der Waals surface area contributed by atoms with Gasteiger partial charge in [-0.2, -0.15) is 0 Å². The minimum absolute atomic E-state index is 0.0512. The fourth-order valence-electron chi connectivity index (χ4n) is 2.96. The highest BCUT2D eigenvalue weighted by molar-refractivity contribution is 7.92. The first-order chi connectivity index (χ1) is 12.2. The summed E-state index contributed by atoms with van der Waals surface area (Å²) < 4.78 is 24.4. The van der Waals surface area contributed by atoms with Crippen LogP contribution in [0.3, 0.4) is 0 Å². The Bertz CT molecular complexity index is 738. The number of nitrogens with zero attached hydrogens (tertiary/aromatic N) is 2.